The Balaban J connectivity index is 1.36. The van der Waals surface area contributed by atoms with Gasteiger partial charge < -0.3 is 20.7 Å². The molecule has 2 aromatic rings. The van der Waals surface area contributed by atoms with Crippen molar-refractivity contribution in [3.05, 3.63) is 34.5 Å². The molecule has 5 rings (SSSR count). The largest absolute Gasteiger partial charge is 0.477 e. The van der Waals surface area contributed by atoms with Gasteiger partial charge in [-0.2, -0.15) is 0 Å². The predicted octanol–water partition coefficient (Wildman–Crippen LogP) is 5.53. The number of rotatable bonds is 8. The lowest BCUT2D eigenvalue weighted by atomic mass is 9.75. The zero-order valence-electron chi connectivity index (χ0n) is 22.3. The molecular formula is C30H39ClFN3O4. The molecule has 4 N–H and O–H groups in total. The third-order valence-corrected chi connectivity index (χ3v) is 10.0. The van der Waals surface area contributed by atoms with Gasteiger partial charge in [0.05, 0.1) is 11.1 Å². The van der Waals surface area contributed by atoms with Crippen LogP contribution in [0.1, 0.15) is 80.3 Å². The molecule has 1 saturated heterocycles. The molecule has 3 fully saturated rings. The minimum absolute atomic E-state index is 0.0361. The average Bonchev–Trinajstić information content (AvgIpc) is 3.54. The average molecular weight is 560 g/mol. The first kappa shape index (κ1) is 28.1. The van der Waals surface area contributed by atoms with E-state index in [9.17, 15) is 23.9 Å². The highest BCUT2D eigenvalue weighted by Crippen LogP contribution is 2.41. The monoisotopic (exact) mass is 559 g/mol. The fourth-order valence-corrected chi connectivity index (χ4v) is 7.74. The summed E-state index contributed by atoms with van der Waals surface area (Å²) in [6.07, 6.45) is 9.66. The molecule has 1 aromatic heterocycles. The number of nitrogens with two attached hydrogens (primary N) is 1. The number of aromatic carboxylic acids is 1. The first-order chi connectivity index (χ1) is 18.8. The molecule has 39 heavy (non-hydrogen) atoms. The van der Waals surface area contributed by atoms with Gasteiger partial charge in [-0.15, -0.1) is 0 Å². The van der Waals surface area contributed by atoms with E-state index in [2.05, 4.69) is 4.98 Å². The number of halogens is 2. The van der Waals surface area contributed by atoms with Crippen LogP contribution in [0.5, 0.6) is 0 Å². The van der Waals surface area contributed by atoms with Crippen LogP contribution in [-0.4, -0.2) is 58.0 Å². The fourth-order valence-electron chi connectivity index (χ4n) is 7.46. The van der Waals surface area contributed by atoms with Gasteiger partial charge in [-0.05, 0) is 67.6 Å². The number of benzene rings is 1. The first-order valence-corrected chi connectivity index (χ1v) is 14.8. The van der Waals surface area contributed by atoms with Crippen LogP contribution in [-0.2, 0) is 16.0 Å². The number of nitrogens with one attached hydrogen (secondary N) is 1. The summed E-state index contributed by atoms with van der Waals surface area (Å²) in [5, 5.41) is 10.1. The van der Waals surface area contributed by atoms with Gasteiger partial charge in [-0.25, -0.2) is 9.18 Å². The molecule has 1 unspecified atom stereocenters. The highest BCUT2D eigenvalue weighted by molar-refractivity contribution is 6.38. The maximum Gasteiger partial charge on any atom is 0.353 e. The highest BCUT2D eigenvalue weighted by Gasteiger charge is 2.46. The molecule has 2 saturated carbocycles. The van der Waals surface area contributed by atoms with Crippen molar-refractivity contribution in [1.82, 2.24) is 9.88 Å². The SMILES string of the molecule is NC(CF)C1CCC(C(=O)N2CC[C@@H](C3CCCCC3)[C@H]2C(=O)Cc2ccc3[nH]c(C(=O)O)c(Cl)c3c2)CC1. The summed E-state index contributed by atoms with van der Waals surface area (Å²) in [7, 11) is 0. The van der Waals surface area contributed by atoms with Gasteiger partial charge in [-0.1, -0.05) is 49.8 Å². The molecular weight excluding hydrogens is 521 g/mol. The number of carboxylic acids is 1. The van der Waals surface area contributed by atoms with Crippen molar-refractivity contribution in [3.63, 3.8) is 0 Å². The lowest BCUT2D eigenvalue weighted by Gasteiger charge is -2.37. The Kier molecular flexibility index (Phi) is 8.62. The number of fused-ring (bicyclic) bond motifs is 1. The smallest absolute Gasteiger partial charge is 0.353 e. The number of H-pyrrole nitrogens is 1. The molecule has 0 bridgehead atoms. The number of carboxylic acid groups (broad SMARTS) is 1. The summed E-state index contributed by atoms with van der Waals surface area (Å²) in [6, 6.07) is 4.45. The number of amides is 1. The van der Waals surface area contributed by atoms with Crippen LogP contribution in [0.4, 0.5) is 4.39 Å². The minimum Gasteiger partial charge on any atom is -0.477 e. The molecule has 0 spiro atoms. The van der Waals surface area contributed by atoms with Gasteiger partial charge in [0.15, 0.2) is 5.78 Å². The van der Waals surface area contributed by atoms with Crippen LogP contribution >= 0.6 is 11.6 Å². The van der Waals surface area contributed by atoms with Gasteiger partial charge in [0.1, 0.15) is 12.4 Å². The van der Waals surface area contributed by atoms with Gasteiger partial charge in [0.25, 0.3) is 0 Å². The van der Waals surface area contributed by atoms with E-state index in [1.165, 1.54) is 19.3 Å². The quantitative estimate of drug-likeness (QED) is 0.393. The summed E-state index contributed by atoms with van der Waals surface area (Å²) >= 11 is 6.32. The normalized spacial score (nSPS) is 27.1. The molecule has 3 atom stereocenters. The fraction of sp³-hybridized carbons (Fsp3) is 0.633. The number of nitrogens with zero attached hydrogens (tertiary/aromatic N) is 1. The van der Waals surface area contributed by atoms with E-state index in [4.69, 9.17) is 17.3 Å². The van der Waals surface area contributed by atoms with E-state index in [1.54, 1.807) is 12.1 Å². The molecule has 1 aromatic carbocycles. The molecule has 212 valence electrons. The Bertz CT molecular complexity index is 1220. The highest BCUT2D eigenvalue weighted by atomic mass is 35.5. The van der Waals surface area contributed by atoms with Crippen LogP contribution < -0.4 is 5.73 Å². The van der Waals surface area contributed by atoms with Gasteiger partial charge in [0.2, 0.25) is 5.91 Å². The van der Waals surface area contributed by atoms with Crippen molar-refractivity contribution in [2.24, 2.45) is 29.4 Å². The molecule has 3 aliphatic rings. The zero-order chi connectivity index (χ0) is 27.7. The second-order valence-electron chi connectivity index (χ2n) is 11.9. The Morgan fingerprint density at radius 1 is 1.08 bits per heavy atom. The van der Waals surface area contributed by atoms with Crippen molar-refractivity contribution in [1.29, 1.82) is 0 Å². The van der Waals surface area contributed by atoms with Crippen LogP contribution in [0.3, 0.4) is 0 Å². The molecule has 2 heterocycles. The number of Topliss-reactive ketones (excluding diaryl/α,β-unsaturated/α-hetero) is 1. The lowest BCUT2D eigenvalue weighted by Crippen LogP contribution is -2.48. The van der Waals surface area contributed by atoms with E-state index in [1.807, 2.05) is 11.0 Å². The Morgan fingerprint density at radius 3 is 2.46 bits per heavy atom. The topological polar surface area (TPSA) is 116 Å². The van der Waals surface area contributed by atoms with E-state index in [0.29, 0.717) is 36.2 Å². The van der Waals surface area contributed by atoms with E-state index in [0.717, 1.165) is 37.7 Å². The summed E-state index contributed by atoms with van der Waals surface area (Å²) in [5.41, 5.74) is 7.23. The van der Waals surface area contributed by atoms with Crippen LogP contribution in [0.2, 0.25) is 5.02 Å². The van der Waals surface area contributed by atoms with Gasteiger partial charge in [-0.3, -0.25) is 9.59 Å². The number of hydrogen-bond donors (Lipinski definition) is 3. The van der Waals surface area contributed by atoms with Crippen LogP contribution in [0, 0.1) is 23.7 Å². The number of hydrogen-bond acceptors (Lipinski definition) is 4. The molecule has 0 radical (unpaired) electrons. The van der Waals surface area contributed by atoms with Crippen molar-refractivity contribution < 1.29 is 23.9 Å². The van der Waals surface area contributed by atoms with Crippen molar-refractivity contribution in [3.8, 4) is 0 Å². The Labute approximate surface area is 233 Å². The molecule has 7 nitrogen and oxygen atoms in total. The summed E-state index contributed by atoms with van der Waals surface area (Å²) < 4.78 is 13.1. The predicted molar refractivity (Wildman–Crippen MR) is 149 cm³/mol. The summed E-state index contributed by atoms with van der Waals surface area (Å²) in [6.45, 7) is 0.0669. The number of alkyl halides is 1. The van der Waals surface area contributed by atoms with Crippen molar-refractivity contribution >= 4 is 40.2 Å². The molecule has 2 aliphatic carbocycles. The van der Waals surface area contributed by atoms with Crippen LogP contribution in [0.15, 0.2) is 18.2 Å². The third kappa shape index (κ3) is 5.73. The second-order valence-corrected chi connectivity index (χ2v) is 12.3. The zero-order valence-corrected chi connectivity index (χ0v) is 23.1. The Morgan fingerprint density at radius 2 is 1.79 bits per heavy atom. The number of carbonyl (C=O) groups is 3. The molecule has 9 heteroatoms. The summed E-state index contributed by atoms with van der Waals surface area (Å²) in [5.74, 6) is -0.451. The standard InChI is InChI=1S/C30H39ClFN3O4/c31-26-22-14-17(6-11-24(22)34-27(26)30(38)39)15-25(36)28-21(18-4-2-1-3-5-18)12-13-35(28)29(37)20-9-7-19(8-10-20)23(33)16-32/h6,11,14,18-21,23,28,34H,1-5,7-10,12-13,15-16,33H2,(H,38,39)/t19?,20?,21-,23?,28-/m0/s1. The lowest BCUT2D eigenvalue weighted by molar-refractivity contribution is -0.143. The van der Waals surface area contributed by atoms with Gasteiger partial charge in [0, 0.05) is 35.8 Å². The molecule has 1 aliphatic heterocycles. The number of aromatic amines is 1. The maximum atomic E-state index is 14.0. The summed E-state index contributed by atoms with van der Waals surface area (Å²) in [4.78, 5) is 44.0. The van der Waals surface area contributed by atoms with E-state index < -0.39 is 24.7 Å². The van der Waals surface area contributed by atoms with Crippen molar-refractivity contribution in [2.45, 2.75) is 82.7 Å². The van der Waals surface area contributed by atoms with E-state index >= 15 is 0 Å². The number of carbonyl (C=O) groups excluding carboxylic acids is 2. The van der Waals surface area contributed by atoms with Crippen molar-refractivity contribution in [2.75, 3.05) is 13.2 Å². The number of ketones is 1. The van der Waals surface area contributed by atoms with Crippen LogP contribution in [0.25, 0.3) is 10.9 Å². The van der Waals surface area contributed by atoms with Gasteiger partial charge >= 0.3 is 5.97 Å². The minimum atomic E-state index is -1.13. The number of likely N-dealkylation sites (tertiary alicyclic amines) is 1. The first-order valence-electron chi connectivity index (χ1n) is 14.5. The molecule has 1 amide bonds. The number of aromatic nitrogens is 1. The van der Waals surface area contributed by atoms with E-state index in [-0.39, 0.29) is 46.6 Å². The maximum absolute atomic E-state index is 14.0. The second kappa shape index (κ2) is 12.0. The Hall–Kier alpha value is -2.45. The third-order valence-electron chi connectivity index (χ3n) is 9.61.